The van der Waals surface area contributed by atoms with Crippen LogP contribution < -0.4 is 9.80 Å². The second kappa shape index (κ2) is 16.5. The number of nitrogens with zero attached hydrogens (tertiary/aromatic N) is 8. The van der Waals surface area contributed by atoms with E-state index in [1.807, 2.05) is 41.3 Å². The molecule has 10 nitrogen and oxygen atoms in total. The van der Waals surface area contributed by atoms with Crippen LogP contribution in [0.1, 0.15) is 52.4 Å². The van der Waals surface area contributed by atoms with Crippen molar-refractivity contribution in [3.05, 3.63) is 109 Å². The number of benzene rings is 4. The highest BCUT2D eigenvalue weighted by molar-refractivity contribution is 6.01. The Morgan fingerprint density at radius 2 is 0.845 bits per heavy atom. The number of piperazine rings is 2. The number of fused-ring (bicyclic) bond motifs is 2. The summed E-state index contributed by atoms with van der Waals surface area (Å²) in [6.07, 6.45) is 6.63. The summed E-state index contributed by atoms with van der Waals surface area (Å²) in [7, 11) is 0. The van der Waals surface area contributed by atoms with Gasteiger partial charge in [-0.3, -0.25) is 9.59 Å². The van der Waals surface area contributed by atoms with E-state index in [4.69, 9.17) is 0 Å². The van der Waals surface area contributed by atoms with Gasteiger partial charge in [-0.25, -0.2) is 0 Å². The number of carbonyl (C=O) groups excluding carboxylic acids is 2. The van der Waals surface area contributed by atoms with Crippen molar-refractivity contribution in [2.75, 3.05) is 49.1 Å². The van der Waals surface area contributed by atoms with E-state index in [1.165, 1.54) is 12.8 Å². The smallest absolute Gasteiger partial charge is 0.225 e. The molecular formula is C48H52N8O2. The van der Waals surface area contributed by atoms with Gasteiger partial charge in [0, 0.05) is 95.9 Å². The third kappa shape index (κ3) is 7.60. The van der Waals surface area contributed by atoms with Crippen LogP contribution in [0.15, 0.2) is 109 Å². The number of anilines is 2. The van der Waals surface area contributed by atoms with Crippen LogP contribution in [0, 0.1) is 11.8 Å². The Morgan fingerprint density at radius 1 is 0.466 bits per heavy atom. The first-order valence-corrected chi connectivity index (χ1v) is 21.2. The summed E-state index contributed by atoms with van der Waals surface area (Å²) in [6, 6.07) is 37.6. The van der Waals surface area contributed by atoms with E-state index < -0.39 is 0 Å². The van der Waals surface area contributed by atoms with Crippen LogP contribution in [0.25, 0.3) is 44.1 Å². The minimum atomic E-state index is 0.212. The van der Waals surface area contributed by atoms with Gasteiger partial charge in [-0.15, -0.1) is 20.4 Å². The van der Waals surface area contributed by atoms with Gasteiger partial charge in [0.25, 0.3) is 0 Å². The molecule has 2 aliphatic heterocycles. The summed E-state index contributed by atoms with van der Waals surface area (Å²) in [5, 5.41) is 23.0. The van der Waals surface area contributed by atoms with Gasteiger partial charge in [-0.05, 0) is 39.5 Å². The fourth-order valence-electron chi connectivity index (χ4n) is 9.19. The number of hydrogen-bond acceptors (Lipinski definition) is 8. The predicted molar refractivity (Wildman–Crippen MR) is 231 cm³/mol. The highest BCUT2D eigenvalue weighted by Gasteiger charge is 2.37. The van der Waals surface area contributed by atoms with Crippen LogP contribution in [0.3, 0.4) is 0 Å². The fraction of sp³-hybridized carbons (Fsp3) is 0.375. The van der Waals surface area contributed by atoms with E-state index in [9.17, 15) is 9.59 Å². The van der Waals surface area contributed by atoms with Crippen molar-refractivity contribution >= 4 is 45.0 Å². The van der Waals surface area contributed by atoms with Crippen molar-refractivity contribution < 1.29 is 9.59 Å². The monoisotopic (exact) mass is 772 g/mol. The van der Waals surface area contributed by atoms with Crippen molar-refractivity contribution in [2.45, 2.75) is 64.5 Å². The molecular weight excluding hydrogens is 721 g/mol. The van der Waals surface area contributed by atoms with Crippen molar-refractivity contribution in [3.8, 4) is 22.5 Å². The topological polar surface area (TPSA) is 98.7 Å². The Balaban J connectivity index is 0.000000151. The summed E-state index contributed by atoms with van der Waals surface area (Å²) in [5.74, 6) is 3.06. The molecule has 0 radical (unpaired) electrons. The van der Waals surface area contributed by atoms with Crippen molar-refractivity contribution in [2.24, 2.45) is 11.8 Å². The van der Waals surface area contributed by atoms with E-state index in [-0.39, 0.29) is 23.9 Å². The average molecular weight is 773 g/mol. The van der Waals surface area contributed by atoms with Crippen molar-refractivity contribution in [3.63, 3.8) is 0 Å². The summed E-state index contributed by atoms with van der Waals surface area (Å²) in [4.78, 5) is 34.1. The number of carbonyl (C=O) groups is 2. The maximum absolute atomic E-state index is 12.9. The molecule has 58 heavy (non-hydrogen) atoms. The average Bonchev–Trinajstić information content (AvgIpc) is 3.99. The first-order chi connectivity index (χ1) is 28.4. The molecule has 0 bridgehead atoms. The lowest BCUT2D eigenvalue weighted by atomic mass is 10.0. The molecule has 6 aromatic rings. The molecule has 2 saturated heterocycles. The van der Waals surface area contributed by atoms with Crippen molar-refractivity contribution in [1.29, 1.82) is 0 Å². The first-order valence-electron chi connectivity index (χ1n) is 21.2. The second-order valence-corrected chi connectivity index (χ2v) is 16.5. The van der Waals surface area contributed by atoms with E-state index in [2.05, 4.69) is 122 Å². The molecule has 2 atom stereocenters. The van der Waals surface area contributed by atoms with Crippen LogP contribution >= 0.6 is 0 Å². The van der Waals surface area contributed by atoms with Gasteiger partial charge in [0.1, 0.15) is 11.4 Å². The zero-order valence-corrected chi connectivity index (χ0v) is 33.6. The lowest BCUT2D eigenvalue weighted by molar-refractivity contribution is -0.136. The van der Waals surface area contributed by atoms with Gasteiger partial charge in [-0.2, -0.15) is 0 Å². The van der Waals surface area contributed by atoms with Gasteiger partial charge in [-0.1, -0.05) is 122 Å². The van der Waals surface area contributed by atoms with Gasteiger partial charge in [0.05, 0.1) is 0 Å². The van der Waals surface area contributed by atoms with Crippen LogP contribution in [0.4, 0.5) is 11.6 Å². The molecule has 296 valence electrons. The minimum Gasteiger partial charge on any atom is -0.348 e. The molecule has 4 aromatic carbocycles. The Bertz CT molecular complexity index is 2400. The second-order valence-electron chi connectivity index (χ2n) is 16.5. The van der Waals surface area contributed by atoms with Gasteiger partial charge in [0.15, 0.2) is 11.6 Å². The van der Waals surface area contributed by atoms with E-state index in [0.29, 0.717) is 11.8 Å². The van der Waals surface area contributed by atoms with E-state index >= 15 is 0 Å². The van der Waals surface area contributed by atoms with Crippen LogP contribution in [-0.4, -0.2) is 93.4 Å². The zero-order chi connectivity index (χ0) is 39.6. The SMILES string of the molecule is CC1CN(C(=O)C2CC2)CCN1c1nnc(-c2ccccc2)c2ccccc12.CC1CN(C(=O)C2CCCC2)CCN1c1nnc(-c2ccccc2)c2ccccc12. The molecule has 2 saturated carbocycles. The van der Waals surface area contributed by atoms with Crippen molar-refractivity contribution in [1.82, 2.24) is 30.2 Å². The molecule has 2 unspecified atom stereocenters. The molecule has 4 aliphatic rings. The normalized spacial score (nSPS) is 20.0. The minimum absolute atomic E-state index is 0.212. The Labute approximate surface area is 340 Å². The zero-order valence-electron chi connectivity index (χ0n) is 33.6. The lowest BCUT2D eigenvalue weighted by Gasteiger charge is -2.41. The Hall–Kier alpha value is -5.90. The van der Waals surface area contributed by atoms with Gasteiger partial charge in [0.2, 0.25) is 11.8 Å². The number of rotatable bonds is 6. The highest BCUT2D eigenvalue weighted by Crippen LogP contribution is 2.36. The fourth-order valence-corrected chi connectivity index (χ4v) is 9.19. The first kappa shape index (κ1) is 37.7. The molecule has 2 aromatic heterocycles. The molecule has 10 rings (SSSR count). The standard InChI is InChI=1S/C25H28N4O.C23H24N4O/c1-18-17-28(25(30)20-11-5-6-12-20)15-16-29(18)24-22-14-8-7-13-21(22)23(26-27-24)19-9-3-2-4-10-19;1-16-15-26(23(28)18-11-12-18)13-14-27(16)22-20-10-6-5-9-19(20)21(24-25-22)17-7-3-2-4-8-17/h2-4,7-10,13-14,18,20H,5-6,11-12,15-17H2,1H3;2-10,16,18H,11-15H2,1H3. The summed E-state index contributed by atoms with van der Waals surface area (Å²) in [6.45, 7) is 8.99. The summed E-state index contributed by atoms with van der Waals surface area (Å²) in [5.41, 5.74) is 3.98. The summed E-state index contributed by atoms with van der Waals surface area (Å²) < 4.78 is 0. The molecule has 2 aliphatic carbocycles. The molecule has 10 heteroatoms. The van der Waals surface area contributed by atoms with Crippen LogP contribution in [-0.2, 0) is 9.59 Å². The molecule has 0 N–H and O–H groups in total. The number of hydrogen-bond donors (Lipinski definition) is 0. The maximum atomic E-state index is 12.9. The summed E-state index contributed by atoms with van der Waals surface area (Å²) >= 11 is 0. The highest BCUT2D eigenvalue weighted by atomic mass is 16.2. The largest absolute Gasteiger partial charge is 0.348 e. The van der Waals surface area contributed by atoms with E-state index in [1.54, 1.807) is 0 Å². The number of amides is 2. The third-order valence-electron chi connectivity index (χ3n) is 12.5. The number of aromatic nitrogens is 4. The molecule has 2 amide bonds. The van der Waals surface area contributed by atoms with Gasteiger partial charge >= 0.3 is 0 Å². The molecule has 4 heterocycles. The predicted octanol–water partition coefficient (Wildman–Crippen LogP) is 8.27. The Morgan fingerprint density at radius 3 is 1.24 bits per heavy atom. The van der Waals surface area contributed by atoms with Crippen LogP contribution in [0.2, 0.25) is 0 Å². The third-order valence-corrected chi connectivity index (χ3v) is 12.5. The lowest BCUT2D eigenvalue weighted by Crippen LogP contribution is -2.55. The van der Waals surface area contributed by atoms with Gasteiger partial charge < -0.3 is 19.6 Å². The van der Waals surface area contributed by atoms with E-state index in [0.717, 1.165) is 121 Å². The quantitative estimate of drug-likeness (QED) is 0.167. The maximum Gasteiger partial charge on any atom is 0.225 e. The van der Waals surface area contributed by atoms with Crippen LogP contribution in [0.5, 0.6) is 0 Å². The molecule has 0 spiro atoms. The Kier molecular flexibility index (Phi) is 10.7. The molecule has 4 fully saturated rings.